The summed E-state index contributed by atoms with van der Waals surface area (Å²) in [6.07, 6.45) is 0. The van der Waals surface area contributed by atoms with E-state index in [1.807, 2.05) is 0 Å². The van der Waals surface area contributed by atoms with E-state index in [-0.39, 0.29) is 5.82 Å². The molecule has 1 aliphatic rings. The van der Waals surface area contributed by atoms with Crippen LogP contribution in [0.2, 0.25) is 0 Å². The lowest BCUT2D eigenvalue weighted by molar-refractivity contribution is -0.142. The molecule has 0 amide bonds. The Morgan fingerprint density at radius 2 is 2.35 bits per heavy atom. The average molecular weight is 239 g/mol. The van der Waals surface area contributed by atoms with Crippen molar-refractivity contribution >= 4 is 5.97 Å². The minimum Gasteiger partial charge on any atom is -0.492 e. The first-order valence-corrected chi connectivity index (χ1v) is 5.46. The number of carbonyl (C=O) groups is 1. The van der Waals surface area contributed by atoms with Crippen molar-refractivity contribution in [2.75, 3.05) is 13.2 Å². The fraction of sp³-hybridized carbons (Fsp3) is 0.417. The molecule has 0 radical (unpaired) electrons. The molecule has 92 valence electrons. The quantitative estimate of drug-likeness (QED) is 0.849. The molecule has 0 fully saturated rings. The molecule has 1 unspecified atom stereocenters. The van der Waals surface area contributed by atoms with Gasteiger partial charge in [-0.1, -0.05) is 0 Å². The largest absolute Gasteiger partial charge is 0.492 e. The normalized spacial score (nSPS) is 17.8. The number of ether oxygens (including phenoxy) is 1. The summed E-state index contributed by atoms with van der Waals surface area (Å²) in [5.74, 6) is -0.589. The second-order valence-corrected chi connectivity index (χ2v) is 4.09. The van der Waals surface area contributed by atoms with E-state index in [4.69, 9.17) is 9.84 Å². The Hall–Kier alpha value is -1.62. The third-order valence-electron chi connectivity index (χ3n) is 2.94. The molecule has 1 N–H and O–H groups in total. The number of carboxylic acids is 1. The maximum atomic E-state index is 13.1. The van der Waals surface area contributed by atoms with E-state index >= 15 is 0 Å². The van der Waals surface area contributed by atoms with Gasteiger partial charge >= 0.3 is 5.97 Å². The second-order valence-electron chi connectivity index (χ2n) is 4.09. The Morgan fingerprint density at radius 3 is 3.06 bits per heavy atom. The molecule has 1 aromatic carbocycles. The molecule has 2 rings (SSSR count). The van der Waals surface area contributed by atoms with Gasteiger partial charge in [-0.15, -0.1) is 0 Å². The highest BCUT2D eigenvalue weighted by Gasteiger charge is 2.24. The van der Waals surface area contributed by atoms with Crippen LogP contribution >= 0.6 is 0 Å². The maximum absolute atomic E-state index is 13.1. The fourth-order valence-electron chi connectivity index (χ4n) is 1.87. The van der Waals surface area contributed by atoms with Crippen LogP contribution in [0.15, 0.2) is 18.2 Å². The summed E-state index contributed by atoms with van der Waals surface area (Å²) >= 11 is 0. The van der Waals surface area contributed by atoms with Gasteiger partial charge in [0.2, 0.25) is 0 Å². The Bertz CT molecular complexity index is 436. The molecule has 0 saturated heterocycles. The molecule has 5 heteroatoms. The van der Waals surface area contributed by atoms with E-state index in [9.17, 15) is 9.18 Å². The summed E-state index contributed by atoms with van der Waals surface area (Å²) in [5, 5.41) is 8.97. The van der Waals surface area contributed by atoms with Crippen LogP contribution < -0.4 is 4.74 Å². The highest BCUT2D eigenvalue weighted by Crippen LogP contribution is 2.24. The molecule has 0 aromatic heterocycles. The lowest BCUT2D eigenvalue weighted by atomic mass is 10.1. The van der Waals surface area contributed by atoms with Gasteiger partial charge in [0, 0.05) is 18.7 Å². The third kappa shape index (κ3) is 2.55. The minimum atomic E-state index is -0.884. The summed E-state index contributed by atoms with van der Waals surface area (Å²) in [6, 6.07) is 3.71. The standard InChI is InChI=1S/C12H14FNO3/c1-8(12(15)16)14-4-5-17-11-3-2-10(13)6-9(11)7-14/h2-3,6,8H,4-5,7H2,1H3,(H,15,16). The van der Waals surface area contributed by atoms with Gasteiger partial charge in [0.15, 0.2) is 0 Å². The summed E-state index contributed by atoms with van der Waals surface area (Å²) in [7, 11) is 0. The lowest BCUT2D eigenvalue weighted by Gasteiger charge is -2.23. The van der Waals surface area contributed by atoms with Gasteiger partial charge in [-0.25, -0.2) is 4.39 Å². The summed E-state index contributed by atoms with van der Waals surface area (Å²) in [4.78, 5) is 12.7. The first-order valence-electron chi connectivity index (χ1n) is 5.46. The van der Waals surface area contributed by atoms with Crippen LogP contribution in [0.1, 0.15) is 12.5 Å². The van der Waals surface area contributed by atoms with Gasteiger partial charge in [-0.3, -0.25) is 9.69 Å². The summed E-state index contributed by atoms with van der Waals surface area (Å²) in [5.41, 5.74) is 0.690. The van der Waals surface area contributed by atoms with E-state index in [0.717, 1.165) is 0 Å². The summed E-state index contributed by atoms with van der Waals surface area (Å²) < 4.78 is 18.6. The molecule has 1 heterocycles. The SMILES string of the molecule is CC(C(=O)O)N1CCOc2ccc(F)cc2C1. The molecule has 1 aliphatic heterocycles. The molecule has 0 bridgehead atoms. The maximum Gasteiger partial charge on any atom is 0.320 e. The van der Waals surface area contributed by atoms with Crippen molar-refractivity contribution in [1.29, 1.82) is 0 Å². The van der Waals surface area contributed by atoms with Crippen molar-refractivity contribution in [1.82, 2.24) is 4.90 Å². The van der Waals surface area contributed by atoms with Gasteiger partial charge in [0.05, 0.1) is 0 Å². The number of hydrogen-bond donors (Lipinski definition) is 1. The predicted octanol–water partition coefficient (Wildman–Crippen LogP) is 1.49. The highest BCUT2D eigenvalue weighted by atomic mass is 19.1. The van der Waals surface area contributed by atoms with Crippen LogP contribution in [0.3, 0.4) is 0 Å². The number of nitrogens with zero attached hydrogens (tertiary/aromatic N) is 1. The zero-order valence-electron chi connectivity index (χ0n) is 9.52. The van der Waals surface area contributed by atoms with Crippen molar-refractivity contribution in [2.24, 2.45) is 0 Å². The number of fused-ring (bicyclic) bond motifs is 1. The molecule has 0 spiro atoms. The first-order chi connectivity index (χ1) is 8.08. The number of benzene rings is 1. The van der Waals surface area contributed by atoms with Crippen molar-refractivity contribution in [3.63, 3.8) is 0 Å². The molecule has 0 aliphatic carbocycles. The third-order valence-corrected chi connectivity index (χ3v) is 2.94. The number of halogens is 1. The monoisotopic (exact) mass is 239 g/mol. The van der Waals surface area contributed by atoms with E-state index in [1.54, 1.807) is 17.9 Å². The topological polar surface area (TPSA) is 49.8 Å². The van der Waals surface area contributed by atoms with Crippen LogP contribution in [-0.4, -0.2) is 35.2 Å². The molecular formula is C12H14FNO3. The molecule has 0 saturated carbocycles. The van der Waals surface area contributed by atoms with E-state index < -0.39 is 12.0 Å². The van der Waals surface area contributed by atoms with Crippen LogP contribution in [0, 0.1) is 5.82 Å². The first kappa shape index (κ1) is 11.9. The highest BCUT2D eigenvalue weighted by molar-refractivity contribution is 5.72. The van der Waals surface area contributed by atoms with Crippen LogP contribution in [0.5, 0.6) is 5.75 Å². The van der Waals surface area contributed by atoms with Crippen molar-refractivity contribution in [3.05, 3.63) is 29.6 Å². The number of hydrogen-bond acceptors (Lipinski definition) is 3. The molecule has 4 nitrogen and oxygen atoms in total. The van der Waals surface area contributed by atoms with Gasteiger partial charge < -0.3 is 9.84 Å². The number of rotatable bonds is 2. The zero-order chi connectivity index (χ0) is 12.4. The Labute approximate surface area is 98.6 Å². The fourth-order valence-corrected chi connectivity index (χ4v) is 1.87. The Balaban J connectivity index is 2.24. The molecular weight excluding hydrogens is 225 g/mol. The van der Waals surface area contributed by atoms with Gasteiger partial charge in [0.1, 0.15) is 24.2 Å². The van der Waals surface area contributed by atoms with Crippen LogP contribution in [0.4, 0.5) is 4.39 Å². The molecule has 1 aromatic rings. The van der Waals surface area contributed by atoms with E-state index in [0.29, 0.717) is 31.0 Å². The van der Waals surface area contributed by atoms with E-state index in [1.165, 1.54) is 12.1 Å². The van der Waals surface area contributed by atoms with Gasteiger partial charge in [0.25, 0.3) is 0 Å². The summed E-state index contributed by atoms with van der Waals surface area (Å²) in [6.45, 7) is 2.94. The van der Waals surface area contributed by atoms with Crippen molar-refractivity contribution in [2.45, 2.75) is 19.5 Å². The minimum absolute atomic E-state index is 0.336. The van der Waals surface area contributed by atoms with Crippen LogP contribution in [-0.2, 0) is 11.3 Å². The van der Waals surface area contributed by atoms with Crippen LogP contribution in [0.25, 0.3) is 0 Å². The van der Waals surface area contributed by atoms with Crippen molar-refractivity contribution in [3.8, 4) is 5.75 Å². The zero-order valence-corrected chi connectivity index (χ0v) is 9.52. The molecule has 1 atom stereocenters. The Morgan fingerprint density at radius 1 is 1.59 bits per heavy atom. The number of carboxylic acid groups (broad SMARTS) is 1. The Kier molecular flexibility index (Phi) is 3.28. The lowest BCUT2D eigenvalue weighted by Crippen LogP contribution is -2.39. The smallest absolute Gasteiger partial charge is 0.320 e. The van der Waals surface area contributed by atoms with Gasteiger partial charge in [-0.05, 0) is 25.1 Å². The average Bonchev–Trinajstić information content (AvgIpc) is 2.49. The van der Waals surface area contributed by atoms with Gasteiger partial charge in [-0.2, -0.15) is 0 Å². The van der Waals surface area contributed by atoms with Crippen molar-refractivity contribution < 1.29 is 19.0 Å². The number of aliphatic carboxylic acids is 1. The van der Waals surface area contributed by atoms with E-state index in [2.05, 4.69) is 0 Å². The molecule has 17 heavy (non-hydrogen) atoms. The predicted molar refractivity (Wildman–Crippen MR) is 59.4 cm³/mol. The second kappa shape index (κ2) is 4.71.